The highest BCUT2D eigenvalue weighted by Crippen LogP contribution is 2.42. The first-order chi connectivity index (χ1) is 10.0. The van der Waals surface area contributed by atoms with Crippen LogP contribution in [0.1, 0.15) is 22.3 Å². The number of ether oxygens (including phenoxy) is 2. The minimum Gasteiger partial charge on any atom is -0.493 e. The van der Waals surface area contributed by atoms with Crippen molar-refractivity contribution in [2.24, 2.45) is 5.73 Å². The molecule has 2 aromatic rings. The first-order valence-electron chi connectivity index (χ1n) is 7.05. The maximum absolute atomic E-state index is 5.82. The molecule has 0 saturated heterocycles. The lowest BCUT2D eigenvalue weighted by Crippen LogP contribution is -2.02. The molecule has 0 atom stereocenters. The molecule has 0 heterocycles. The van der Waals surface area contributed by atoms with Gasteiger partial charge in [-0.3, -0.25) is 0 Å². The van der Waals surface area contributed by atoms with Crippen LogP contribution in [0, 0.1) is 20.8 Å². The van der Waals surface area contributed by atoms with E-state index in [1.54, 1.807) is 14.2 Å². The molecule has 0 aromatic heterocycles. The highest BCUT2D eigenvalue weighted by atomic mass is 16.5. The Morgan fingerprint density at radius 2 is 1.52 bits per heavy atom. The van der Waals surface area contributed by atoms with Gasteiger partial charge in [-0.1, -0.05) is 17.7 Å². The lowest BCUT2D eigenvalue weighted by atomic mass is 9.92. The molecule has 0 bridgehead atoms. The molecule has 0 saturated carbocycles. The fraction of sp³-hybridized carbons (Fsp3) is 0.333. The monoisotopic (exact) mass is 285 g/mol. The van der Waals surface area contributed by atoms with Crippen molar-refractivity contribution in [3.63, 3.8) is 0 Å². The fourth-order valence-corrected chi connectivity index (χ4v) is 2.93. The van der Waals surface area contributed by atoms with Crippen LogP contribution < -0.4 is 15.2 Å². The van der Waals surface area contributed by atoms with Gasteiger partial charge in [-0.05, 0) is 55.2 Å². The van der Waals surface area contributed by atoms with Crippen LogP contribution in [0.5, 0.6) is 11.5 Å². The number of benzene rings is 2. The molecule has 0 aliphatic rings. The van der Waals surface area contributed by atoms with E-state index in [-0.39, 0.29) is 0 Å². The zero-order chi connectivity index (χ0) is 15.6. The Bertz CT molecular complexity index is 640. The topological polar surface area (TPSA) is 44.5 Å². The fourth-order valence-electron chi connectivity index (χ4n) is 2.93. The molecular weight excluding hydrogens is 262 g/mol. The van der Waals surface area contributed by atoms with Crippen LogP contribution in [0.2, 0.25) is 0 Å². The van der Waals surface area contributed by atoms with E-state index in [0.29, 0.717) is 6.54 Å². The second-order valence-electron chi connectivity index (χ2n) is 5.36. The zero-order valence-corrected chi connectivity index (χ0v) is 13.4. The third-order valence-corrected chi connectivity index (χ3v) is 3.72. The molecule has 0 fully saturated rings. The molecule has 0 aliphatic heterocycles. The van der Waals surface area contributed by atoms with Gasteiger partial charge in [0.15, 0.2) is 11.5 Å². The summed E-state index contributed by atoms with van der Waals surface area (Å²) in [5, 5.41) is 0. The predicted molar refractivity (Wildman–Crippen MR) is 87.1 cm³/mol. The third kappa shape index (κ3) is 2.88. The maximum atomic E-state index is 5.82. The Labute approximate surface area is 126 Å². The largest absolute Gasteiger partial charge is 0.493 e. The van der Waals surface area contributed by atoms with Crippen molar-refractivity contribution in [1.82, 2.24) is 0 Å². The summed E-state index contributed by atoms with van der Waals surface area (Å²) < 4.78 is 11.1. The molecule has 21 heavy (non-hydrogen) atoms. The van der Waals surface area contributed by atoms with Gasteiger partial charge in [-0.2, -0.15) is 0 Å². The Morgan fingerprint density at radius 1 is 0.905 bits per heavy atom. The molecule has 2 rings (SSSR count). The third-order valence-electron chi connectivity index (χ3n) is 3.72. The molecule has 2 aromatic carbocycles. The molecule has 0 amide bonds. The molecule has 0 radical (unpaired) electrons. The summed E-state index contributed by atoms with van der Waals surface area (Å²) >= 11 is 0. The molecular formula is C18H23NO2. The summed E-state index contributed by atoms with van der Waals surface area (Å²) in [5.74, 6) is 1.47. The van der Waals surface area contributed by atoms with Crippen molar-refractivity contribution >= 4 is 0 Å². The van der Waals surface area contributed by atoms with E-state index in [9.17, 15) is 0 Å². The Balaban J connectivity index is 2.79. The van der Waals surface area contributed by atoms with E-state index < -0.39 is 0 Å². The van der Waals surface area contributed by atoms with E-state index >= 15 is 0 Å². The van der Waals surface area contributed by atoms with Gasteiger partial charge >= 0.3 is 0 Å². The van der Waals surface area contributed by atoms with E-state index in [4.69, 9.17) is 15.2 Å². The molecule has 3 heteroatoms. The lowest BCUT2D eigenvalue weighted by molar-refractivity contribution is 0.355. The summed E-state index contributed by atoms with van der Waals surface area (Å²) in [4.78, 5) is 0. The second kappa shape index (κ2) is 6.19. The van der Waals surface area contributed by atoms with E-state index in [1.165, 1.54) is 22.3 Å². The average Bonchev–Trinajstić information content (AvgIpc) is 2.45. The van der Waals surface area contributed by atoms with Crippen molar-refractivity contribution in [2.45, 2.75) is 27.3 Å². The van der Waals surface area contributed by atoms with Gasteiger partial charge in [-0.15, -0.1) is 0 Å². The van der Waals surface area contributed by atoms with Crippen LogP contribution in [0.15, 0.2) is 24.3 Å². The van der Waals surface area contributed by atoms with Crippen molar-refractivity contribution in [2.75, 3.05) is 14.2 Å². The van der Waals surface area contributed by atoms with Gasteiger partial charge in [0.1, 0.15) is 0 Å². The van der Waals surface area contributed by atoms with Crippen molar-refractivity contribution < 1.29 is 9.47 Å². The highest BCUT2D eigenvalue weighted by molar-refractivity contribution is 5.79. The molecule has 0 unspecified atom stereocenters. The summed E-state index contributed by atoms with van der Waals surface area (Å²) in [6.07, 6.45) is 0. The summed E-state index contributed by atoms with van der Waals surface area (Å²) in [7, 11) is 3.32. The summed E-state index contributed by atoms with van der Waals surface area (Å²) in [5.41, 5.74) is 12.8. The van der Waals surface area contributed by atoms with Gasteiger partial charge in [-0.25, -0.2) is 0 Å². The summed E-state index contributed by atoms with van der Waals surface area (Å²) in [6, 6.07) is 8.39. The van der Waals surface area contributed by atoms with E-state index in [0.717, 1.165) is 22.6 Å². The quantitative estimate of drug-likeness (QED) is 0.930. The molecule has 0 spiro atoms. The van der Waals surface area contributed by atoms with Crippen LogP contribution in [-0.4, -0.2) is 14.2 Å². The SMILES string of the molecule is COc1cc(CN)cc(-c2c(C)cc(C)cc2C)c1OC. The first-order valence-corrected chi connectivity index (χ1v) is 7.05. The number of methoxy groups -OCH3 is 2. The number of nitrogens with two attached hydrogens (primary N) is 1. The Morgan fingerprint density at radius 3 is 2.00 bits per heavy atom. The molecule has 0 aliphatic carbocycles. The van der Waals surface area contributed by atoms with Gasteiger partial charge in [0, 0.05) is 12.1 Å². The number of hydrogen-bond donors (Lipinski definition) is 1. The predicted octanol–water partition coefficient (Wildman–Crippen LogP) is 3.75. The first kappa shape index (κ1) is 15.4. The summed E-state index contributed by atoms with van der Waals surface area (Å²) in [6.45, 7) is 6.82. The number of aryl methyl sites for hydroxylation is 3. The van der Waals surface area contributed by atoms with Crippen LogP contribution in [0.25, 0.3) is 11.1 Å². The van der Waals surface area contributed by atoms with E-state index in [1.807, 2.05) is 6.07 Å². The molecule has 3 nitrogen and oxygen atoms in total. The van der Waals surface area contributed by atoms with Crippen molar-refractivity contribution in [3.05, 3.63) is 46.5 Å². The average molecular weight is 285 g/mol. The normalized spacial score (nSPS) is 10.6. The van der Waals surface area contributed by atoms with Gasteiger partial charge in [0.05, 0.1) is 14.2 Å². The van der Waals surface area contributed by atoms with Gasteiger partial charge in [0.2, 0.25) is 0 Å². The van der Waals surface area contributed by atoms with Crippen LogP contribution in [0.3, 0.4) is 0 Å². The Kier molecular flexibility index (Phi) is 4.53. The van der Waals surface area contributed by atoms with Gasteiger partial charge < -0.3 is 15.2 Å². The highest BCUT2D eigenvalue weighted by Gasteiger charge is 2.17. The van der Waals surface area contributed by atoms with Crippen LogP contribution in [-0.2, 0) is 6.54 Å². The van der Waals surface area contributed by atoms with E-state index in [2.05, 4.69) is 39.0 Å². The minimum absolute atomic E-state index is 0.470. The zero-order valence-electron chi connectivity index (χ0n) is 13.4. The minimum atomic E-state index is 0.470. The lowest BCUT2D eigenvalue weighted by Gasteiger charge is -2.18. The van der Waals surface area contributed by atoms with Gasteiger partial charge in [0.25, 0.3) is 0 Å². The standard InChI is InChI=1S/C18H23NO2/c1-11-6-12(2)17(13(3)7-11)15-8-14(10-19)9-16(20-4)18(15)21-5/h6-9H,10,19H2,1-5H3. The van der Waals surface area contributed by atoms with Crippen molar-refractivity contribution in [1.29, 1.82) is 0 Å². The van der Waals surface area contributed by atoms with Crippen LogP contribution in [0.4, 0.5) is 0 Å². The van der Waals surface area contributed by atoms with Crippen molar-refractivity contribution in [3.8, 4) is 22.6 Å². The van der Waals surface area contributed by atoms with Crippen LogP contribution >= 0.6 is 0 Å². The second-order valence-corrected chi connectivity index (χ2v) is 5.36. The number of hydrogen-bond acceptors (Lipinski definition) is 3. The number of rotatable bonds is 4. The smallest absolute Gasteiger partial charge is 0.168 e. The molecule has 2 N–H and O–H groups in total. The maximum Gasteiger partial charge on any atom is 0.168 e. The molecule has 112 valence electrons. The Hall–Kier alpha value is -2.00.